The fourth-order valence-electron chi connectivity index (χ4n) is 3.04. The maximum absolute atomic E-state index is 13.1. The minimum atomic E-state index is -3.58. The molecular weight excluding hydrogens is 349 g/mol. The van der Waals surface area contributed by atoms with E-state index < -0.39 is 10.0 Å². The number of fused-ring (bicyclic) bond motifs is 1. The third-order valence-electron chi connectivity index (χ3n) is 4.32. The molecule has 1 N–H and O–H groups in total. The van der Waals surface area contributed by atoms with Crippen LogP contribution in [-0.2, 0) is 10.0 Å². The van der Waals surface area contributed by atoms with E-state index in [0.29, 0.717) is 31.1 Å². The second-order valence-corrected chi connectivity index (χ2v) is 7.89. The quantitative estimate of drug-likeness (QED) is 0.562. The summed E-state index contributed by atoms with van der Waals surface area (Å²) in [5.41, 5.74) is 8.02. The molecule has 25 heavy (non-hydrogen) atoms. The summed E-state index contributed by atoms with van der Waals surface area (Å²) in [4.78, 5) is 2.31. The van der Waals surface area contributed by atoms with E-state index in [-0.39, 0.29) is 29.6 Å². The van der Waals surface area contributed by atoms with Crippen molar-refractivity contribution in [2.75, 3.05) is 45.2 Å². The number of nitrogens with one attached hydrogen (secondary N) is 1. The Bertz CT molecular complexity index is 864. The summed E-state index contributed by atoms with van der Waals surface area (Å²) < 4.78 is 27.7. The zero-order chi connectivity index (χ0) is 17.3. The Hall–Kier alpha value is -1.19. The van der Waals surface area contributed by atoms with E-state index in [1.807, 2.05) is 43.3 Å². The first-order valence-electron chi connectivity index (χ1n) is 7.76. The van der Waals surface area contributed by atoms with Gasteiger partial charge in [-0.05, 0) is 12.1 Å². The molecule has 0 radical (unpaired) electrons. The van der Waals surface area contributed by atoms with Crippen molar-refractivity contribution in [3.63, 3.8) is 0 Å². The van der Waals surface area contributed by atoms with Crippen molar-refractivity contribution < 1.29 is 38.0 Å². The van der Waals surface area contributed by atoms with E-state index in [4.69, 9.17) is 5.53 Å². The van der Waals surface area contributed by atoms with Gasteiger partial charge < -0.3 is 4.90 Å². The van der Waals surface area contributed by atoms with Crippen LogP contribution < -0.4 is 34.5 Å². The third kappa shape index (κ3) is 3.83. The van der Waals surface area contributed by atoms with Crippen LogP contribution in [0.4, 0.5) is 5.69 Å². The predicted molar refractivity (Wildman–Crippen MR) is 93.8 cm³/mol. The van der Waals surface area contributed by atoms with Crippen molar-refractivity contribution in [1.82, 2.24) is 9.31 Å². The Kier molecular flexibility index (Phi) is 6.45. The van der Waals surface area contributed by atoms with Gasteiger partial charge in [0.2, 0.25) is 10.0 Å². The predicted octanol–water partition coefficient (Wildman–Crippen LogP) is -0.838. The molecule has 128 valence electrons. The molecule has 0 aromatic heterocycles. The van der Waals surface area contributed by atoms with Crippen molar-refractivity contribution >= 4 is 26.5 Å². The van der Waals surface area contributed by atoms with Gasteiger partial charge in [-0.2, -0.15) is 9.84 Å². The Balaban J connectivity index is 0.00000225. The molecule has 0 bridgehead atoms. The molecule has 0 amide bonds. The molecule has 1 aliphatic heterocycles. The van der Waals surface area contributed by atoms with Crippen molar-refractivity contribution in [2.24, 2.45) is 5.22 Å². The van der Waals surface area contributed by atoms with Gasteiger partial charge in [0.15, 0.2) is 0 Å². The second-order valence-electron chi connectivity index (χ2n) is 5.98. The molecule has 0 saturated carbocycles. The molecule has 9 heteroatoms. The van der Waals surface area contributed by atoms with Gasteiger partial charge in [0, 0.05) is 43.6 Å². The van der Waals surface area contributed by atoms with Crippen molar-refractivity contribution in [1.29, 1.82) is 5.53 Å². The molecule has 7 nitrogen and oxygen atoms in total. The van der Waals surface area contributed by atoms with E-state index in [1.165, 1.54) is 4.31 Å². The molecule has 2 aromatic carbocycles. The monoisotopic (exact) mass is 370 g/mol. The molecule has 3 rings (SSSR count). The van der Waals surface area contributed by atoms with Crippen LogP contribution in [-0.4, -0.2) is 58.0 Å². The summed E-state index contributed by atoms with van der Waals surface area (Å²) in [6, 6.07) is 11.1. The van der Waals surface area contributed by atoms with Gasteiger partial charge in [0.1, 0.15) is 0 Å². The minimum Gasteiger partial charge on any atom is -0.377 e. The van der Waals surface area contributed by atoms with Gasteiger partial charge in [0.05, 0.1) is 18.0 Å². The van der Waals surface area contributed by atoms with Gasteiger partial charge in [0.25, 0.3) is 0 Å². The summed E-state index contributed by atoms with van der Waals surface area (Å²) in [7, 11) is 0.310. The average molecular weight is 370 g/mol. The standard InChI is InChI=1S/C16H21N5O2S.Na/c1-19(2)15-7-3-6-14-13(15)5-4-8-16(14)24(22,23)21-11-9-20(18-17)10-12-21;/h3-8,17H,9-12H2,1-2H3;/q;+1. The molecule has 1 fully saturated rings. The molecule has 1 saturated heterocycles. The van der Waals surface area contributed by atoms with Crippen molar-refractivity contribution in [3.05, 3.63) is 36.4 Å². The van der Waals surface area contributed by atoms with E-state index in [9.17, 15) is 8.42 Å². The third-order valence-corrected chi connectivity index (χ3v) is 6.27. The summed E-state index contributed by atoms with van der Waals surface area (Å²) >= 11 is 0. The van der Waals surface area contributed by atoms with Crippen LogP contribution >= 0.6 is 0 Å². The Morgan fingerprint density at radius 1 is 1.00 bits per heavy atom. The zero-order valence-electron chi connectivity index (χ0n) is 14.8. The number of rotatable bonds is 4. The largest absolute Gasteiger partial charge is 1.00 e. The number of sulfonamides is 1. The maximum Gasteiger partial charge on any atom is 1.00 e. The summed E-state index contributed by atoms with van der Waals surface area (Å²) in [5.74, 6) is 0. The molecular formula is C16H21N5NaO2S+. The molecule has 0 aliphatic carbocycles. The SMILES string of the molecule is CN(C)c1cccc2c(S(=O)(=O)N3CCN(N=N)CC3)cccc12.[Na+]. The topological polar surface area (TPSA) is 80.1 Å². The second kappa shape index (κ2) is 8.01. The molecule has 0 spiro atoms. The number of nitrogens with zero attached hydrogens (tertiary/aromatic N) is 4. The van der Waals surface area contributed by atoms with E-state index in [1.54, 1.807) is 17.1 Å². The minimum absolute atomic E-state index is 0. The first kappa shape index (κ1) is 20.1. The van der Waals surface area contributed by atoms with Crippen LogP contribution in [0.2, 0.25) is 0 Å². The van der Waals surface area contributed by atoms with E-state index in [0.717, 1.165) is 16.5 Å². The Labute approximate surface area is 170 Å². The smallest absolute Gasteiger partial charge is 0.377 e. The van der Waals surface area contributed by atoms with Crippen LogP contribution in [0.25, 0.3) is 10.8 Å². The number of hydrogen-bond acceptors (Lipinski definition) is 5. The number of benzene rings is 2. The van der Waals surface area contributed by atoms with Crippen LogP contribution in [0.3, 0.4) is 0 Å². The van der Waals surface area contributed by atoms with Gasteiger partial charge >= 0.3 is 29.6 Å². The summed E-state index contributed by atoms with van der Waals surface area (Å²) in [6.45, 7) is 1.57. The normalized spacial score (nSPS) is 15.7. The number of anilines is 1. The fourth-order valence-corrected chi connectivity index (χ4v) is 4.67. The fraction of sp³-hybridized carbons (Fsp3) is 0.375. The zero-order valence-corrected chi connectivity index (χ0v) is 17.6. The average Bonchev–Trinajstić information content (AvgIpc) is 2.60. The van der Waals surface area contributed by atoms with Gasteiger partial charge in [-0.3, -0.25) is 5.01 Å². The van der Waals surface area contributed by atoms with Gasteiger partial charge in [-0.15, -0.1) is 0 Å². The summed E-state index contributed by atoms with van der Waals surface area (Å²) in [6.07, 6.45) is 0. The Morgan fingerprint density at radius 2 is 1.60 bits per heavy atom. The van der Waals surface area contributed by atoms with Crippen LogP contribution in [0, 0.1) is 5.53 Å². The van der Waals surface area contributed by atoms with Gasteiger partial charge in [-0.25, -0.2) is 8.42 Å². The molecule has 0 unspecified atom stereocenters. The first-order valence-corrected chi connectivity index (χ1v) is 9.20. The maximum atomic E-state index is 13.1. The van der Waals surface area contributed by atoms with Crippen LogP contribution in [0.15, 0.2) is 46.5 Å². The number of piperazine rings is 1. The van der Waals surface area contributed by atoms with Gasteiger partial charge in [-0.1, -0.05) is 29.5 Å². The first-order chi connectivity index (χ1) is 11.4. The molecule has 1 aliphatic rings. The number of hydrogen-bond donors (Lipinski definition) is 1. The van der Waals surface area contributed by atoms with E-state index in [2.05, 4.69) is 5.22 Å². The molecule has 1 heterocycles. The Morgan fingerprint density at radius 3 is 2.20 bits per heavy atom. The van der Waals surface area contributed by atoms with Crippen LogP contribution in [0.5, 0.6) is 0 Å². The van der Waals surface area contributed by atoms with Crippen LogP contribution in [0.1, 0.15) is 0 Å². The van der Waals surface area contributed by atoms with E-state index >= 15 is 0 Å². The molecule has 0 atom stereocenters. The van der Waals surface area contributed by atoms with Crippen molar-refractivity contribution in [2.45, 2.75) is 4.90 Å². The van der Waals surface area contributed by atoms with Crippen molar-refractivity contribution in [3.8, 4) is 0 Å². The summed E-state index contributed by atoms with van der Waals surface area (Å²) in [5, 5.41) is 6.60. The molecule has 2 aromatic rings.